The fraction of sp³-hybridized carbons (Fsp3) is 0.365. The number of aliphatic hydroxyl groups excluding tert-OH is 1. The van der Waals surface area contributed by atoms with Gasteiger partial charge in [-0.1, -0.05) is 57.2 Å². The van der Waals surface area contributed by atoms with Crippen molar-refractivity contribution in [3.63, 3.8) is 0 Å². The number of hydrogen-bond donors (Lipinski definition) is 3. The third-order valence-electron chi connectivity index (χ3n) is 12.3. The first-order chi connectivity index (χ1) is 33.6. The van der Waals surface area contributed by atoms with E-state index in [-0.39, 0.29) is 61.8 Å². The molecule has 1 unspecified atom stereocenters. The van der Waals surface area contributed by atoms with Crippen LogP contribution in [0, 0.1) is 23.7 Å². The second-order valence-corrected chi connectivity index (χ2v) is 20.2. The number of likely N-dealkylation sites (tertiary alicyclic amines) is 1. The van der Waals surface area contributed by atoms with E-state index in [4.69, 9.17) is 21.7 Å². The SMILES string of the molecule is Cc1ncsc1-c1ccc(CNC(=O)[C@@H]2C[C@@H](O)CN2C(=O)C(NC(=O)CCc2ccc(OCCOc3ccc(N4C(=S)N(c5ccc(C#N)c(C(F)(F)F)c5)C(=O)C4(C)C)cc3)cc2)C(C)(C)C)cc1. The highest BCUT2D eigenvalue weighted by atomic mass is 32.1. The number of anilines is 2. The summed E-state index contributed by atoms with van der Waals surface area (Å²) in [6.45, 7) is 11.3. The van der Waals surface area contributed by atoms with Crippen LogP contribution in [0.5, 0.6) is 11.5 Å². The minimum Gasteiger partial charge on any atom is -0.490 e. The van der Waals surface area contributed by atoms with E-state index >= 15 is 0 Å². The molecule has 19 heteroatoms. The summed E-state index contributed by atoms with van der Waals surface area (Å²) in [6.07, 6.45) is -5.14. The number of amides is 4. The fourth-order valence-corrected chi connectivity index (χ4v) is 9.83. The molecule has 2 fully saturated rings. The highest BCUT2D eigenvalue weighted by molar-refractivity contribution is 7.81. The summed E-state index contributed by atoms with van der Waals surface area (Å²) >= 11 is 7.19. The van der Waals surface area contributed by atoms with Gasteiger partial charge in [0.15, 0.2) is 5.11 Å². The predicted octanol–water partition coefficient (Wildman–Crippen LogP) is 8.13. The van der Waals surface area contributed by atoms with Crippen molar-refractivity contribution in [1.29, 1.82) is 5.26 Å². The van der Waals surface area contributed by atoms with Gasteiger partial charge in [-0.15, -0.1) is 11.3 Å². The molecule has 3 heterocycles. The van der Waals surface area contributed by atoms with Crippen LogP contribution in [0.15, 0.2) is 96.5 Å². The number of aromatic nitrogens is 1. The summed E-state index contributed by atoms with van der Waals surface area (Å²) in [4.78, 5) is 63.8. The van der Waals surface area contributed by atoms with E-state index in [9.17, 15) is 42.7 Å². The summed E-state index contributed by atoms with van der Waals surface area (Å²) in [6, 6.07) is 24.5. The van der Waals surface area contributed by atoms with Crippen LogP contribution in [-0.2, 0) is 38.3 Å². The van der Waals surface area contributed by atoms with Crippen LogP contribution < -0.4 is 29.9 Å². The predicted molar refractivity (Wildman–Crippen MR) is 267 cm³/mol. The zero-order chi connectivity index (χ0) is 51.4. The summed E-state index contributed by atoms with van der Waals surface area (Å²) in [5.41, 5.74) is 2.26. The van der Waals surface area contributed by atoms with Crippen molar-refractivity contribution < 1.29 is 46.9 Å². The topological polar surface area (TPSA) is 177 Å². The first-order valence-corrected chi connectivity index (χ1v) is 24.1. The van der Waals surface area contributed by atoms with Gasteiger partial charge in [-0.25, -0.2) is 4.98 Å². The van der Waals surface area contributed by atoms with Gasteiger partial charge in [0.1, 0.15) is 42.3 Å². The molecule has 3 N–H and O–H groups in total. The molecule has 0 bridgehead atoms. The van der Waals surface area contributed by atoms with Gasteiger partial charge in [0.05, 0.1) is 45.1 Å². The Morgan fingerprint density at radius 1 is 0.944 bits per heavy atom. The van der Waals surface area contributed by atoms with E-state index in [2.05, 4.69) is 15.6 Å². The Morgan fingerprint density at radius 2 is 1.55 bits per heavy atom. The van der Waals surface area contributed by atoms with Gasteiger partial charge in [-0.2, -0.15) is 18.4 Å². The molecule has 14 nitrogen and oxygen atoms in total. The summed E-state index contributed by atoms with van der Waals surface area (Å²) in [7, 11) is 0. The summed E-state index contributed by atoms with van der Waals surface area (Å²) in [5, 5.41) is 25.6. The molecule has 2 aliphatic rings. The maximum Gasteiger partial charge on any atom is 0.417 e. The molecule has 71 heavy (non-hydrogen) atoms. The number of β-amino-alcohol motifs (C(OH)–C–C–N with tert-alkyl or cyclic N) is 1. The minimum atomic E-state index is -4.81. The van der Waals surface area contributed by atoms with Gasteiger partial charge < -0.3 is 35.0 Å². The average Bonchev–Trinajstić information content (AvgIpc) is 4.00. The maximum atomic E-state index is 14.1. The zero-order valence-corrected chi connectivity index (χ0v) is 41.6. The van der Waals surface area contributed by atoms with Crippen LogP contribution in [0.4, 0.5) is 24.5 Å². The first kappa shape index (κ1) is 52.0. The molecule has 1 aromatic heterocycles. The molecule has 0 aliphatic carbocycles. The Labute approximate surface area is 419 Å². The Balaban J connectivity index is 0.863. The molecule has 0 saturated carbocycles. The third-order valence-corrected chi connectivity index (χ3v) is 13.7. The Morgan fingerprint density at radius 3 is 2.13 bits per heavy atom. The molecule has 3 atom stereocenters. The number of aliphatic hydroxyl groups is 1. The van der Waals surface area contributed by atoms with Crippen molar-refractivity contribution in [2.24, 2.45) is 5.41 Å². The Kier molecular flexibility index (Phi) is 15.5. The molecule has 0 spiro atoms. The van der Waals surface area contributed by atoms with Crippen molar-refractivity contribution in [3.05, 3.63) is 124 Å². The van der Waals surface area contributed by atoms with Gasteiger partial charge in [-0.05, 0) is 116 Å². The smallest absolute Gasteiger partial charge is 0.417 e. The monoisotopic (exact) mass is 1010 g/mol. The highest BCUT2D eigenvalue weighted by Crippen LogP contribution is 2.40. The van der Waals surface area contributed by atoms with Crippen LogP contribution in [0.1, 0.15) is 75.4 Å². The molecule has 4 amide bonds. The number of thiazole rings is 1. The second kappa shape index (κ2) is 21.2. The molecule has 372 valence electrons. The van der Waals surface area contributed by atoms with Gasteiger partial charge in [-0.3, -0.25) is 24.1 Å². The lowest BCUT2D eigenvalue weighted by Crippen LogP contribution is -2.57. The first-order valence-electron chi connectivity index (χ1n) is 22.9. The number of aryl methyl sites for hydroxylation is 2. The number of hydrogen-bond acceptors (Lipinski definition) is 11. The largest absolute Gasteiger partial charge is 0.490 e. The van der Waals surface area contributed by atoms with Crippen molar-refractivity contribution in [2.45, 2.75) is 97.3 Å². The van der Waals surface area contributed by atoms with Crippen molar-refractivity contribution in [1.82, 2.24) is 20.5 Å². The molecule has 4 aromatic carbocycles. The van der Waals surface area contributed by atoms with E-state index in [1.807, 2.05) is 64.1 Å². The van der Waals surface area contributed by atoms with Gasteiger partial charge in [0.25, 0.3) is 5.91 Å². The number of nitrogens with zero attached hydrogens (tertiary/aromatic N) is 5. The number of carbonyl (C=O) groups excluding carboxylic acids is 4. The highest BCUT2D eigenvalue weighted by Gasteiger charge is 2.51. The summed E-state index contributed by atoms with van der Waals surface area (Å²) < 4.78 is 53.0. The molecule has 2 saturated heterocycles. The molecule has 5 aromatic rings. The number of alkyl halides is 3. The Hall–Kier alpha value is -6.88. The normalized spacial score (nSPS) is 17.2. The van der Waals surface area contributed by atoms with Crippen LogP contribution in [0.25, 0.3) is 10.4 Å². The van der Waals surface area contributed by atoms with Gasteiger partial charge in [0, 0.05) is 31.6 Å². The second-order valence-electron chi connectivity index (χ2n) is 18.9. The lowest BCUT2D eigenvalue weighted by Gasteiger charge is -2.35. The number of ether oxygens (including phenoxy) is 2. The lowest BCUT2D eigenvalue weighted by atomic mass is 9.85. The zero-order valence-electron chi connectivity index (χ0n) is 40.0. The number of nitriles is 1. The molecule has 2 aliphatic heterocycles. The lowest BCUT2D eigenvalue weighted by molar-refractivity contribution is -0.144. The number of thiocarbonyl (C=S) groups is 1. The maximum absolute atomic E-state index is 14.1. The number of carbonyl (C=O) groups is 4. The average molecular weight is 1010 g/mol. The molecular formula is C52H54F3N7O7S2. The van der Waals surface area contributed by atoms with Crippen LogP contribution in [0.3, 0.4) is 0 Å². The van der Waals surface area contributed by atoms with Gasteiger partial charge >= 0.3 is 6.18 Å². The van der Waals surface area contributed by atoms with E-state index in [1.54, 1.807) is 78.1 Å². The van der Waals surface area contributed by atoms with Crippen LogP contribution >= 0.6 is 23.6 Å². The quantitative estimate of drug-likeness (QED) is 0.0643. The van der Waals surface area contributed by atoms with Gasteiger partial charge in [0.2, 0.25) is 17.7 Å². The van der Waals surface area contributed by atoms with E-state index < -0.39 is 58.3 Å². The van der Waals surface area contributed by atoms with E-state index in [0.717, 1.165) is 44.3 Å². The number of rotatable bonds is 16. The fourth-order valence-electron chi connectivity index (χ4n) is 8.49. The van der Waals surface area contributed by atoms with E-state index in [1.165, 1.54) is 11.0 Å². The summed E-state index contributed by atoms with van der Waals surface area (Å²) in [5.74, 6) is -0.626. The molecule has 0 radical (unpaired) electrons. The number of nitrogens with one attached hydrogen (secondary N) is 2. The Bertz CT molecular complexity index is 2820. The molecular weight excluding hydrogens is 956 g/mol. The van der Waals surface area contributed by atoms with Crippen molar-refractivity contribution in [3.8, 4) is 28.0 Å². The van der Waals surface area contributed by atoms with Crippen LogP contribution in [-0.4, -0.2) is 87.2 Å². The third kappa shape index (κ3) is 11.8. The molecule has 7 rings (SSSR count). The minimum absolute atomic E-state index is 0.0233. The number of halogens is 3. The van der Waals surface area contributed by atoms with E-state index in [0.29, 0.717) is 23.6 Å². The standard InChI is InChI=1S/C52H54F3N7O7S2/c1-31-44(71-30-58-31)34-12-7-33(8-13-34)28-57-46(65)42-26-38(63)29-60(42)47(66)45(50(2,3)4)59-43(64)22-11-32-9-18-39(19-10-32)68-23-24-69-40-20-16-36(17-21-40)62-49(70)61(48(67)51(62,5)6)37-15-14-35(27-56)41(25-37)52(53,54)55/h7-10,12-21,25,30,38,42,45,63H,11,22-24,26,28-29H2,1-6H3,(H,57,65)(H,59,64)/t38-,42+,45?/m1/s1. The van der Waals surface area contributed by atoms with Crippen molar-refractivity contribution in [2.75, 3.05) is 29.6 Å². The number of benzene rings is 4. The van der Waals surface area contributed by atoms with Crippen LogP contribution in [0.2, 0.25) is 0 Å². The van der Waals surface area contributed by atoms with Crippen molar-refractivity contribution >= 4 is 63.7 Å².